The number of Topliss-reactive ketones (excluding diaryl/α,β-unsaturated/α-hetero) is 1. The Morgan fingerprint density at radius 3 is 2.55 bits per heavy atom. The van der Waals surface area contributed by atoms with Crippen molar-refractivity contribution in [1.29, 1.82) is 0 Å². The minimum atomic E-state index is -0.689. The number of likely N-dealkylation sites (tertiary alicyclic amines) is 1. The molecule has 1 fully saturated rings. The molecule has 7 heteroatoms. The topological polar surface area (TPSA) is 91.9 Å². The molecule has 1 aliphatic rings. The summed E-state index contributed by atoms with van der Waals surface area (Å²) in [6.07, 6.45) is 4.53. The van der Waals surface area contributed by atoms with Crippen molar-refractivity contribution in [2.24, 2.45) is 0 Å². The standard InChI is InChI=1S/C26H28N2O5/c1-4-5-8-13-28-23(18-15-27-19-10-7-6-9-17(18)19)22(25(30)26(28)31)24(29)16-11-12-20(32-2)21(14-16)33-3/h6-7,9-12,14-15,23,27,29H,4-5,8,13H2,1-3H3/b24-22+. The Kier molecular flexibility index (Phi) is 6.40. The van der Waals surface area contributed by atoms with Crippen LogP contribution in [0.4, 0.5) is 0 Å². The molecule has 1 atom stereocenters. The van der Waals surface area contributed by atoms with Gasteiger partial charge in [0.1, 0.15) is 5.76 Å². The van der Waals surface area contributed by atoms with Crippen molar-refractivity contribution in [2.75, 3.05) is 20.8 Å². The van der Waals surface area contributed by atoms with Gasteiger partial charge < -0.3 is 24.5 Å². The summed E-state index contributed by atoms with van der Waals surface area (Å²) >= 11 is 0. The maximum absolute atomic E-state index is 13.2. The largest absolute Gasteiger partial charge is 0.507 e. The van der Waals surface area contributed by atoms with Crippen LogP contribution in [0.25, 0.3) is 16.7 Å². The van der Waals surface area contributed by atoms with E-state index < -0.39 is 17.7 Å². The van der Waals surface area contributed by atoms with Crippen molar-refractivity contribution in [3.05, 3.63) is 65.4 Å². The molecular formula is C26H28N2O5. The lowest BCUT2D eigenvalue weighted by molar-refractivity contribution is -0.139. The molecule has 0 aliphatic carbocycles. The van der Waals surface area contributed by atoms with Gasteiger partial charge in [-0.2, -0.15) is 0 Å². The number of aliphatic hydroxyl groups excluding tert-OH is 1. The van der Waals surface area contributed by atoms with Crippen molar-refractivity contribution in [3.63, 3.8) is 0 Å². The predicted molar refractivity (Wildman–Crippen MR) is 126 cm³/mol. The minimum Gasteiger partial charge on any atom is -0.507 e. The number of benzene rings is 2. The number of nitrogens with one attached hydrogen (secondary N) is 1. The number of H-pyrrole nitrogens is 1. The minimum absolute atomic E-state index is 0.0773. The third-order valence-corrected chi connectivity index (χ3v) is 6.12. The smallest absolute Gasteiger partial charge is 0.295 e. The van der Waals surface area contributed by atoms with Crippen LogP contribution in [0.3, 0.4) is 0 Å². The zero-order valence-electron chi connectivity index (χ0n) is 19.1. The van der Waals surface area contributed by atoms with Crippen LogP contribution in [-0.2, 0) is 9.59 Å². The van der Waals surface area contributed by atoms with E-state index in [-0.39, 0.29) is 11.3 Å². The maximum Gasteiger partial charge on any atom is 0.295 e. The average molecular weight is 449 g/mol. The Balaban J connectivity index is 1.89. The fraction of sp³-hybridized carbons (Fsp3) is 0.308. The number of aromatic nitrogens is 1. The molecule has 0 radical (unpaired) electrons. The predicted octanol–water partition coefficient (Wildman–Crippen LogP) is 4.80. The summed E-state index contributed by atoms with van der Waals surface area (Å²) in [7, 11) is 3.02. The number of carbonyl (C=O) groups is 2. The lowest BCUT2D eigenvalue weighted by atomic mass is 9.94. The molecule has 2 aromatic carbocycles. The highest BCUT2D eigenvalue weighted by molar-refractivity contribution is 6.46. The number of hydrogen-bond acceptors (Lipinski definition) is 5. The van der Waals surface area contributed by atoms with Crippen molar-refractivity contribution in [2.45, 2.75) is 32.2 Å². The van der Waals surface area contributed by atoms with Gasteiger partial charge in [0.2, 0.25) is 0 Å². The first-order valence-electron chi connectivity index (χ1n) is 11.1. The Morgan fingerprint density at radius 2 is 1.82 bits per heavy atom. The van der Waals surface area contributed by atoms with Gasteiger partial charge in [-0.15, -0.1) is 0 Å². The van der Waals surface area contributed by atoms with E-state index in [0.29, 0.717) is 23.6 Å². The summed E-state index contributed by atoms with van der Waals surface area (Å²) in [6.45, 7) is 2.52. The molecule has 4 rings (SSSR count). The quantitative estimate of drug-likeness (QED) is 0.224. The van der Waals surface area contributed by atoms with Crippen molar-refractivity contribution in [1.82, 2.24) is 9.88 Å². The van der Waals surface area contributed by atoms with Crippen LogP contribution in [0.15, 0.2) is 54.2 Å². The lowest BCUT2D eigenvalue weighted by Crippen LogP contribution is -2.30. The van der Waals surface area contributed by atoms with Gasteiger partial charge in [-0.3, -0.25) is 9.59 Å². The van der Waals surface area contributed by atoms with Gasteiger partial charge in [0.25, 0.3) is 11.7 Å². The highest BCUT2D eigenvalue weighted by Gasteiger charge is 2.46. The molecule has 172 valence electrons. The normalized spacial score (nSPS) is 17.7. The lowest BCUT2D eigenvalue weighted by Gasteiger charge is -2.25. The second-order valence-electron chi connectivity index (χ2n) is 8.06. The Morgan fingerprint density at radius 1 is 1.06 bits per heavy atom. The van der Waals surface area contributed by atoms with E-state index in [2.05, 4.69) is 11.9 Å². The number of fused-ring (bicyclic) bond motifs is 1. The van der Waals surface area contributed by atoms with Gasteiger partial charge in [-0.25, -0.2) is 0 Å². The van der Waals surface area contributed by atoms with Crippen LogP contribution in [0, 0.1) is 0 Å². The highest BCUT2D eigenvalue weighted by Crippen LogP contribution is 2.42. The summed E-state index contributed by atoms with van der Waals surface area (Å²) in [5.41, 5.74) is 2.14. The molecular weight excluding hydrogens is 420 g/mol. The zero-order chi connectivity index (χ0) is 23.5. The first-order valence-corrected chi connectivity index (χ1v) is 11.1. The molecule has 1 aliphatic heterocycles. The number of nitrogens with zero attached hydrogens (tertiary/aromatic N) is 1. The molecule has 7 nitrogen and oxygen atoms in total. The van der Waals surface area contributed by atoms with Gasteiger partial charge >= 0.3 is 0 Å². The number of methoxy groups -OCH3 is 2. The van der Waals surface area contributed by atoms with Crippen LogP contribution in [0.5, 0.6) is 11.5 Å². The van der Waals surface area contributed by atoms with Crippen molar-refractivity contribution >= 4 is 28.4 Å². The molecule has 2 heterocycles. The molecule has 1 aromatic heterocycles. The van der Waals surface area contributed by atoms with E-state index in [9.17, 15) is 14.7 Å². The first kappa shape index (κ1) is 22.5. The van der Waals surface area contributed by atoms with Gasteiger partial charge in [0.15, 0.2) is 11.5 Å². The average Bonchev–Trinajstić information content (AvgIpc) is 3.37. The second kappa shape index (κ2) is 9.40. The Labute approximate surface area is 192 Å². The van der Waals surface area contributed by atoms with Crippen LogP contribution in [0.2, 0.25) is 0 Å². The van der Waals surface area contributed by atoms with E-state index in [0.717, 1.165) is 35.7 Å². The monoisotopic (exact) mass is 448 g/mol. The fourth-order valence-corrected chi connectivity index (χ4v) is 4.43. The second-order valence-corrected chi connectivity index (χ2v) is 8.06. The Bertz CT molecular complexity index is 1230. The number of ether oxygens (including phenoxy) is 2. The van der Waals surface area contributed by atoms with E-state index in [1.807, 2.05) is 30.5 Å². The number of aliphatic hydroxyl groups is 1. The number of ketones is 1. The van der Waals surface area contributed by atoms with E-state index in [4.69, 9.17) is 9.47 Å². The third kappa shape index (κ3) is 3.95. The molecule has 3 aromatic rings. The number of rotatable bonds is 8. The summed E-state index contributed by atoms with van der Waals surface area (Å²) in [6, 6.07) is 11.9. The summed E-state index contributed by atoms with van der Waals surface area (Å²) in [5, 5.41) is 12.2. The molecule has 1 saturated heterocycles. The SMILES string of the molecule is CCCCCN1C(=O)C(=O)/C(=C(/O)c2ccc(OC)c(OC)c2)C1c1c[nH]c2ccccc12. The first-order chi connectivity index (χ1) is 16.0. The van der Waals surface area contributed by atoms with Gasteiger partial charge in [0.05, 0.1) is 25.8 Å². The number of para-hydroxylation sites is 1. The molecule has 1 amide bonds. The van der Waals surface area contributed by atoms with Crippen LogP contribution in [-0.4, -0.2) is 47.4 Å². The number of carbonyl (C=O) groups excluding carboxylic acids is 2. The van der Waals surface area contributed by atoms with Crippen LogP contribution in [0.1, 0.15) is 43.4 Å². The summed E-state index contributed by atoms with van der Waals surface area (Å²) < 4.78 is 10.6. The van der Waals surface area contributed by atoms with Crippen LogP contribution >= 0.6 is 0 Å². The maximum atomic E-state index is 13.2. The number of aromatic amines is 1. The molecule has 0 spiro atoms. The number of unbranched alkanes of at least 4 members (excludes halogenated alkanes) is 2. The van der Waals surface area contributed by atoms with Crippen molar-refractivity contribution < 1.29 is 24.2 Å². The molecule has 2 N–H and O–H groups in total. The molecule has 1 unspecified atom stereocenters. The fourth-order valence-electron chi connectivity index (χ4n) is 4.43. The molecule has 0 bridgehead atoms. The highest BCUT2D eigenvalue weighted by atomic mass is 16.5. The summed E-state index contributed by atoms with van der Waals surface area (Å²) in [4.78, 5) is 31.1. The third-order valence-electron chi connectivity index (χ3n) is 6.12. The number of amides is 1. The van der Waals surface area contributed by atoms with Gasteiger partial charge in [-0.05, 0) is 30.7 Å². The van der Waals surface area contributed by atoms with Gasteiger partial charge in [0, 0.05) is 34.8 Å². The van der Waals surface area contributed by atoms with Crippen LogP contribution < -0.4 is 9.47 Å². The van der Waals surface area contributed by atoms with Gasteiger partial charge in [-0.1, -0.05) is 38.0 Å². The molecule has 0 saturated carbocycles. The molecule has 33 heavy (non-hydrogen) atoms. The van der Waals surface area contributed by atoms with E-state index in [1.165, 1.54) is 14.2 Å². The van der Waals surface area contributed by atoms with Crippen molar-refractivity contribution in [3.8, 4) is 11.5 Å². The number of hydrogen-bond donors (Lipinski definition) is 2. The van der Waals surface area contributed by atoms with E-state index in [1.54, 1.807) is 23.1 Å². The zero-order valence-corrected chi connectivity index (χ0v) is 19.1. The Hall–Kier alpha value is -3.74. The van der Waals surface area contributed by atoms with E-state index >= 15 is 0 Å². The summed E-state index contributed by atoms with van der Waals surface area (Å²) in [5.74, 6) is -0.593.